The average molecular weight is 442 g/mol. The SMILES string of the molecule is CCN(CC)C(=O)c1cc(-c2cn(CC3CCOCC3)c(C(C)(C)C)n2)cc(C(C)O)c1. The van der Waals surface area contributed by atoms with Crippen LogP contribution in [-0.2, 0) is 16.7 Å². The Balaban J connectivity index is 2.04. The fourth-order valence-electron chi connectivity index (χ4n) is 4.36. The van der Waals surface area contributed by atoms with Gasteiger partial charge in [0.05, 0.1) is 11.8 Å². The van der Waals surface area contributed by atoms with Gasteiger partial charge in [0, 0.05) is 55.6 Å². The van der Waals surface area contributed by atoms with Crippen molar-refractivity contribution in [3.8, 4) is 11.3 Å². The lowest BCUT2D eigenvalue weighted by atomic mass is 9.94. The van der Waals surface area contributed by atoms with E-state index in [2.05, 4.69) is 31.5 Å². The van der Waals surface area contributed by atoms with Gasteiger partial charge in [-0.25, -0.2) is 4.98 Å². The van der Waals surface area contributed by atoms with Crippen molar-refractivity contribution in [2.45, 2.75) is 72.4 Å². The zero-order valence-electron chi connectivity index (χ0n) is 20.5. The Hall–Kier alpha value is -2.18. The van der Waals surface area contributed by atoms with E-state index in [4.69, 9.17) is 9.72 Å². The maximum Gasteiger partial charge on any atom is 0.253 e. The highest BCUT2D eigenvalue weighted by molar-refractivity contribution is 5.95. The molecule has 6 nitrogen and oxygen atoms in total. The van der Waals surface area contributed by atoms with Crippen LogP contribution in [0.1, 0.15) is 82.2 Å². The van der Waals surface area contributed by atoms with Gasteiger partial charge in [-0.1, -0.05) is 20.8 Å². The van der Waals surface area contributed by atoms with Crippen molar-refractivity contribution in [3.63, 3.8) is 0 Å². The molecule has 0 spiro atoms. The Labute approximate surface area is 192 Å². The van der Waals surface area contributed by atoms with Crippen molar-refractivity contribution in [1.29, 1.82) is 0 Å². The molecule has 1 aromatic carbocycles. The average Bonchev–Trinajstić information content (AvgIpc) is 3.19. The normalized spacial score (nSPS) is 16.2. The fraction of sp³-hybridized carbons (Fsp3) is 0.615. The monoisotopic (exact) mass is 441 g/mol. The van der Waals surface area contributed by atoms with Gasteiger partial charge in [0.25, 0.3) is 5.91 Å². The first-order chi connectivity index (χ1) is 15.1. The predicted molar refractivity (Wildman–Crippen MR) is 128 cm³/mol. The Morgan fingerprint density at radius 3 is 2.44 bits per heavy atom. The van der Waals surface area contributed by atoms with Gasteiger partial charge < -0.3 is 19.3 Å². The molecule has 6 heteroatoms. The molecule has 0 aliphatic carbocycles. The topological polar surface area (TPSA) is 67.6 Å². The summed E-state index contributed by atoms with van der Waals surface area (Å²) in [6.07, 6.45) is 3.58. The van der Waals surface area contributed by atoms with Gasteiger partial charge in [-0.05, 0) is 63.3 Å². The molecule has 2 heterocycles. The molecule has 2 aromatic rings. The molecule has 1 aliphatic heterocycles. The molecule has 0 saturated carbocycles. The number of hydrogen-bond donors (Lipinski definition) is 1. The van der Waals surface area contributed by atoms with Gasteiger partial charge >= 0.3 is 0 Å². The number of aliphatic hydroxyl groups excluding tert-OH is 1. The highest BCUT2D eigenvalue weighted by Gasteiger charge is 2.25. The zero-order chi connectivity index (χ0) is 23.5. The quantitative estimate of drug-likeness (QED) is 0.670. The number of hydrogen-bond acceptors (Lipinski definition) is 4. The Kier molecular flexibility index (Phi) is 7.78. The summed E-state index contributed by atoms with van der Waals surface area (Å²) in [7, 11) is 0. The van der Waals surface area contributed by atoms with Crippen LogP contribution in [0.2, 0.25) is 0 Å². The number of nitrogens with zero attached hydrogens (tertiary/aromatic N) is 3. The molecular formula is C26H39N3O3. The third kappa shape index (κ3) is 5.59. The first-order valence-electron chi connectivity index (χ1n) is 11.9. The number of ether oxygens (including phenoxy) is 1. The smallest absolute Gasteiger partial charge is 0.253 e. The lowest BCUT2D eigenvalue weighted by Gasteiger charge is -2.25. The van der Waals surface area contributed by atoms with Crippen LogP contribution in [0.3, 0.4) is 0 Å². The number of amides is 1. The summed E-state index contributed by atoms with van der Waals surface area (Å²) >= 11 is 0. The lowest BCUT2D eigenvalue weighted by molar-refractivity contribution is 0.0607. The maximum atomic E-state index is 13.1. The summed E-state index contributed by atoms with van der Waals surface area (Å²) in [4.78, 5) is 19.9. The second-order valence-electron chi connectivity index (χ2n) is 9.90. The van der Waals surface area contributed by atoms with E-state index in [9.17, 15) is 9.90 Å². The molecule has 0 radical (unpaired) electrons. The van der Waals surface area contributed by atoms with Crippen LogP contribution >= 0.6 is 0 Å². The largest absolute Gasteiger partial charge is 0.389 e. The van der Waals surface area contributed by atoms with Gasteiger partial charge in [0.2, 0.25) is 0 Å². The van der Waals surface area contributed by atoms with E-state index in [1.54, 1.807) is 17.9 Å². The third-order valence-corrected chi connectivity index (χ3v) is 6.27. The van der Waals surface area contributed by atoms with E-state index in [-0.39, 0.29) is 11.3 Å². The molecule has 1 saturated heterocycles. The molecule has 1 atom stereocenters. The van der Waals surface area contributed by atoms with Crippen LogP contribution < -0.4 is 0 Å². The van der Waals surface area contributed by atoms with E-state index in [0.717, 1.165) is 55.2 Å². The summed E-state index contributed by atoms with van der Waals surface area (Å²) in [6, 6.07) is 5.68. The molecule has 0 bridgehead atoms. The molecule has 1 aliphatic rings. The van der Waals surface area contributed by atoms with Gasteiger partial charge in [0.1, 0.15) is 5.82 Å². The van der Waals surface area contributed by atoms with Crippen molar-refractivity contribution >= 4 is 5.91 Å². The van der Waals surface area contributed by atoms with Crippen molar-refractivity contribution in [1.82, 2.24) is 14.5 Å². The molecule has 176 valence electrons. The Bertz CT molecular complexity index is 917. The number of carbonyl (C=O) groups is 1. The fourth-order valence-corrected chi connectivity index (χ4v) is 4.36. The number of carbonyl (C=O) groups excluding carboxylic acids is 1. The van der Waals surface area contributed by atoms with E-state index < -0.39 is 6.10 Å². The van der Waals surface area contributed by atoms with Crippen molar-refractivity contribution in [2.24, 2.45) is 5.92 Å². The van der Waals surface area contributed by atoms with Gasteiger partial charge in [-0.3, -0.25) is 4.79 Å². The summed E-state index contributed by atoms with van der Waals surface area (Å²) in [6.45, 7) is 16.1. The number of rotatable bonds is 7. The summed E-state index contributed by atoms with van der Waals surface area (Å²) < 4.78 is 7.82. The molecule has 1 unspecified atom stereocenters. The summed E-state index contributed by atoms with van der Waals surface area (Å²) in [5, 5.41) is 10.3. The molecule has 1 aromatic heterocycles. The number of aliphatic hydroxyl groups is 1. The van der Waals surface area contributed by atoms with E-state index >= 15 is 0 Å². The standard InChI is InChI=1S/C26H39N3O3/c1-7-28(8-2)24(31)22-14-20(18(3)30)13-21(15-22)23-17-29(25(27-23)26(4,5)6)16-19-9-11-32-12-10-19/h13-15,17-19,30H,7-12,16H2,1-6H3. The van der Waals surface area contributed by atoms with Gasteiger partial charge in [-0.2, -0.15) is 0 Å². The minimum absolute atomic E-state index is 0.0172. The lowest BCUT2D eigenvalue weighted by Crippen LogP contribution is -2.30. The molecular weight excluding hydrogens is 402 g/mol. The number of aromatic nitrogens is 2. The molecule has 32 heavy (non-hydrogen) atoms. The second-order valence-corrected chi connectivity index (χ2v) is 9.90. The first kappa shape index (κ1) is 24.5. The van der Waals surface area contributed by atoms with Crippen LogP contribution in [0.5, 0.6) is 0 Å². The first-order valence-corrected chi connectivity index (χ1v) is 11.9. The molecule has 1 amide bonds. The van der Waals surface area contributed by atoms with Crippen LogP contribution in [-0.4, -0.2) is 51.8 Å². The second kappa shape index (κ2) is 10.2. The van der Waals surface area contributed by atoms with Crippen LogP contribution in [0, 0.1) is 5.92 Å². The van der Waals surface area contributed by atoms with Crippen LogP contribution in [0.25, 0.3) is 11.3 Å². The molecule has 1 fully saturated rings. The van der Waals surface area contributed by atoms with Crippen LogP contribution in [0.15, 0.2) is 24.4 Å². The van der Waals surface area contributed by atoms with Crippen molar-refractivity contribution < 1.29 is 14.6 Å². The highest BCUT2D eigenvalue weighted by atomic mass is 16.5. The highest BCUT2D eigenvalue weighted by Crippen LogP contribution is 2.31. The minimum atomic E-state index is -0.662. The van der Waals surface area contributed by atoms with Gasteiger partial charge in [-0.15, -0.1) is 0 Å². The Morgan fingerprint density at radius 2 is 1.88 bits per heavy atom. The molecule has 3 rings (SSSR count). The summed E-state index contributed by atoms with van der Waals surface area (Å²) in [5.41, 5.74) is 2.94. The van der Waals surface area contributed by atoms with E-state index in [0.29, 0.717) is 24.6 Å². The maximum absolute atomic E-state index is 13.1. The van der Waals surface area contributed by atoms with Crippen molar-refractivity contribution in [3.05, 3.63) is 41.3 Å². The Morgan fingerprint density at radius 1 is 1.22 bits per heavy atom. The van der Waals surface area contributed by atoms with E-state index in [1.165, 1.54) is 0 Å². The predicted octanol–water partition coefficient (Wildman–Crippen LogP) is 4.81. The summed E-state index contributed by atoms with van der Waals surface area (Å²) in [5.74, 6) is 1.60. The third-order valence-electron chi connectivity index (χ3n) is 6.27. The minimum Gasteiger partial charge on any atom is -0.389 e. The van der Waals surface area contributed by atoms with Gasteiger partial charge in [0.15, 0.2) is 0 Å². The number of benzene rings is 1. The van der Waals surface area contributed by atoms with Crippen LogP contribution in [0.4, 0.5) is 0 Å². The molecule has 1 N–H and O–H groups in total. The number of imidazole rings is 1. The zero-order valence-corrected chi connectivity index (χ0v) is 20.5. The van der Waals surface area contributed by atoms with Crippen molar-refractivity contribution in [2.75, 3.05) is 26.3 Å². The van der Waals surface area contributed by atoms with E-state index in [1.807, 2.05) is 26.0 Å².